The molecule has 0 saturated heterocycles. The van der Waals surface area contributed by atoms with E-state index in [1.807, 2.05) is 6.07 Å². The second kappa shape index (κ2) is 9.43. The molecule has 1 heterocycles. The molecule has 0 atom stereocenters. The van der Waals surface area contributed by atoms with Crippen LogP contribution in [0.5, 0.6) is 0 Å². The highest BCUT2D eigenvalue weighted by Crippen LogP contribution is 2.31. The van der Waals surface area contributed by atoms with E-state index in [0.717, 1.165) is 12.1 Å². The van der Waals surface area contributed by atoms with Crippen molar-refractivity contribution < 1.29 is 22.7 Å². The van der Waals surface area contributed by atoms with Gasteiger partial charge in [0.05, 0.1) is 5.56 Å². The van der Waals surface area contributed by atoms with Gasteiger partial charge in [0.15, 0.2) is 0 Å². The summed E-state index contributed by atoms with van der Waals surface area (Å²) >= 11 is 0. The summed E-state index contributed by atoms with van der Waals surface area (Å²) in [5, 5.41) is 12.0. The molecular formula is C21H22F3N3O2. The Labute approximate surface area is 167 Å². The van der Waals surface area contributed by atoms with Crippen LogP contribution in [0.25, 0.3) is 11.8 Å². The van der Waals surface area contributed by atoms with E-state index >= 15 is 0 Å². The van der Waals surface area contributed by atoms with Gasteiger partial charge >= 0.3 is 6.18 Å². The van der Waals surface area contributed by atoms with E-state index < -0.39 is 17.6 Å². The first-order chi connectivity index (χ1) is 13.7. The van der Waals surface area contributed by atoms with Crippen LogP contribution in [0, 0.1) is 25.2 Å². The van der Waals surface area contributed by atoms with Crippen molar-refractivity contribution in [2.24, 2.45) is 0 Å². The van der Waals surface area contributed by atoms with Crippen molar-refractivity contribution in [3.8, 4) is 11.8 Å². The third-order valence-electron chi connectivity index (χ3n) is 4.38. The summed E-state index contributed by atoms with van der Waals surface area (Å²) in [6, 6.07) is 8.62. The Morgan fingerprint density at radius 1 is 1.31 bits per heavy atom. The maximum Gasteiger partial charge on any atom is 0.416 e. The Bertz CT molecular complexity index is 953. The highest BCUT2D eigenvalue weighted by molar-refractivity contribution is 6.01. The van der Waals surface area contributed by atoms with E-state index in [9.17, 15) is 23.2 Å². The van der Waals surface area contributed by atoms with E-state index in [1.54, 1.807) is 37.7 Å². The maximum atomic E-state index is 13.0. The van der Waals surface area contributed by atoms with Crippen LogP contribution < -0.4 is 5.32 Å². The molecule has 2 rings (SSSR count). The molecule has 29 heavy (non-hydrogen) atoms. The van der Waals surface area contributed by atoms with Gasteiger partial charge in [-0.3, -0.25) is 4.79 Å². The molecule has 1 aromatic carbocycles. The van der Waals surface area contributed by atoms with Crippen LogP contribution in [0.1, 0.15) is 28.9 Å². The van der Waals surface area contributed by atoms with Crippen molar-refractivity contribution in [2.45, 2.75) is 26.4 Å². The molecular weight excluding hydrogens is 383 g/mol. The number of carbonyl (C=O) groups excluding carboxylic acids is 1. The SMILES string of the molecule is COCCCNC(=O)/C(C#N)=C/c1cc(C)n(-c2cccc(C(F)(F)F)c2)c1C. The molecule has 0 radical (unpaired) electrons. The van der Waals surface area contributed by atoms with Crippen molar-refractivity contribution in [1.29, 1.82) is 5.26 Å². The van der Waals surface area contributed by atoms with Gasteiger partial charge in [0, 0.05) is 37.3 Å². The van der Waals surface area contributed by atoms with Crippen molar-refractivity contribution in [2.75, 3.05) is 20.3 Å². The van der Waals surface area contributed by atoms with Gasteiger partial charge in [-0.1, -0.05) is 6.07 Å². The van der Waals surface area contributed by atoms with Crippen molar-refractivity contribution in [3.63, 3.8) is 0 Å². The fourth-order valence-corrected chi connectivity index (χ4v) is 2.97. The summed E-state index contributed by atoms with van der Waals surface area (Å²) in [7, 11) is 1.56. The van der Waals surface area contributed by atoms with Gasteiger partial charge in [0.1, 0.15) is 11.6 Å². The molecule has 0 aliphatic heterocycles. The molecule has 154 valence electrons. The number of rotatable bonds is 7. The molecule has 1 aromatic heterocycles. The van der Waals surface area contributed by atoms with Gasteiger partial charge in [-0.2, -0.15) is 18.4 Å². The van der Waals surface area contributed by atoms with Gasteiger partial charge in [0.25, 0.3) is 5.91 Å². The molecule has 0 fully saturated rings. The average molecular weight is 405 g/mol. The summed E-state index contributed by atoms with van der Waals surface area (Å²) in [5.41, 5.74) is 1.44. The zero-order valence-electron chi connectivity index (χ0n) is 16.4. The molecule has 5 nitrogen and oxygen atoms in total. The molecule has 1 N–H and O–H groups in total. The number of hydrogen-bond donors (Lipinski definition) is 1. The van der Waals surface area contributed by atoms with Crippen LogP contribution in [-0.4, -0.2) is 30.7 Å². The Morgan fingerprint density at radius 2 is 2.03 bits per heavy atom. The standard InChI is InChI=1S/C21H22F3N3O2/c1-14-10-16(11-17(13-25)20(28)26-8-5-9-29-3)15(2)27(14)19-7-4-6-18(12-19)21(22,23)24/h4,6-7,10-12H,5,8-9H2,1-3H3,(H,26,28)/b17-11+. The number of nitrogens with one attached hydrogen (secondary N) is 1. The zero-order valence-corrected chi connectivity index (χ0v) is 16.4. The predicted octanol–water partition coefficient (Wildman–Crippen LogP) is 4.17. The Hall–Kier alpha value is -3.05. The number of aromatic nitrogens is 1. The topological polar surface area (TPSA) is 67.0 Å². The first kappa shape index (κ1) is 22.2. The summed E-state index contributed by atoms with van der Waals surface area (Å²) in [6.07, 6.45) is -2.38. The number of nitrogens with zero attached hydrogens (tertiary/aromatic N) is 2. The maximum absolute atomic E-state index is 13.0. The van der Waals surface area contributed by atoms with E-state index in [-0.39, 0.29) is 5.57 Å². The van der Waals surface area contributed by atoms with E-state index in [4.69, 9.17) is 4.74 Å². The van der Waals surface area contributed by atoms with Gasteiger partial charge in [-0.25, -0.2) is 0 Å². The lowest BCUT2D eigenvalue weighted by Gasteiger charge is -2.13. The molecule has 0 bridgehead atoms. The minimum Gasteiger partial charge on any atom is -0.385 e. The molecule has 0 unspecified atom stereocenters. The summed E-state index contributed by atoms with van der Waals surface area (Å²) in [5.74, 6) is -0.507. The lowest BCUT2D eigenvalue weighted by atomic mass is 10.1. The molecule has 2 aromatic rings. The van der Waals surface area contributed by atoms with Gasteiger partial charge < -0.3 is 14.6 Å². The van der Waals surface area contributed by atoms with Gasteiger partial charge in [-0.15, -0.1) is 0 Å². The van der Waals surface area contributed by atoms with Crippen molar-refractivity contribution >= 4 is 12.0 Å². The minimum atomic E-state index is -4.44. The monoisotopic (exact) mass is 405 g/mol. The average Bonchev–Trinajstić information content (AvgIpc) is 2.95. The highest BCUT2D eigenvalue weighted by atomic mass is 19.4. The number of aryl methyl sites for hydroxylation is 1. The van der Waals surface area contributed by atoms with Crippen LogP contribution >= 0.6 is 0 Å². The van der Waals surface area contributed by atoms with Crippen LogP contribution in [0.3, 0.4) is 0 Å². The Morgan fingerprint density at radius 3 is 2.66 bits per heavy atom. The quantitative estimate of drug-likeness (QED) is 0.427. The van der Waals surface area contributed by atoms with Crippen LogP contribution in [0.15, 0.2) is 35.9 Å². The fourth-order valence-electron chi connectivity index (χ4n) is 2.97. The van der Waals surface area contributed by atoms with Gasteiger partial charge in [0.2, 0.25) is 0 Å². The van der Waals surface area contributed by atoms with E-state index in [2.05, 4.69) is 5.32 Å². The van der Waals surface area contributed by atoms with Gasteiger partial charge in [-0.05, 0) is 56.2 Å². The molecule has 0 aliphatic rings. The second-order valence-electron chi connectivity index (χ2n) is 6.48. The zero-order chi connectivity index (χ0) is 21.6. The van der Waals surface area contributed by atoms with Crippen LogP contribution in [0.4, 0.5) is 13.2 Å². The molecule has 0 aliphatic carbocycles. The largest absolute Gasteiger partial charge is 0.416 e. The number of benzene rings is 1. The lowest BCUT2D eigenvalue weighted by Crippen LogP contribution is -2.26. The third kappa shape index (κ3) is 5.48. The first-order valence-corrected chi connectivity index (χ1v) is 8.94. The van der Waals surface area contributed by atoms with Crippen LogP contribution in [0.2, 0.25) is 0 Å². The molecule has 0 spiro atoms. The summed E-state index contributed by atoms with van der Waals surface area (Å²) < 4.78 is 45.7. The summed E-state index contributed by atoms with van der Waals surface area (Å²) in [6.45, 7) is 4.34. The number of nitriles is 1. The number of ether oxygens (including phenoxy) is 1. The number of amides is 1. The summed E-state index contributed by atoms with van der Waals surface area (Å²) in [4.78, 5) is 12.2. The predicted molar refractivity (Wildman–Crippen MR) is 103 cm³/mol. The number of halogens is 3. The lowest BCUT2D eigenvalue weighted by molar-refractivity contribution is -0.137. The molecule has 8 heteroatoms. The van der Waals surface area contributed by atoms with Crippen LogP contribution in [-0.2, 0) is 15.7 Å². The van der Waals surface area contributed by atoms with Crippen molar-refractivity contribution in [3.05, 3.63) is 58.4 Å². The number of carbonyl (C=O) groups is 1. The number of alkyl halides is 3. The highest BCUT2D eigenvalue weighted by Gasteiger charge is 2.30. The molecule has 1 amide bonds. The number of hydrogen-bond acceptors (Lipinski definition) is 3. The third-order valence-corrected chi connectivity index (χ3v) is 4.38. The second-order valence-corrected chi connectivity index (χ2v) is 6.48. The smallest absolute Gasteiger partial charge is 0.385 e. The normalized spacial score (nSPS) is 12.0. The molecule has 0 saturated carbocycles. The van der Waals surface area contributed by atoms with E-state index in [0.29, 0.717) is 42.2 Å². The number of methoxy groups -OCH3 is 1. The Balaban J connectivity index is 2.35. The Kier molecular flexibility index (Phi) is 7.23. The van der Waals surface area contributed by atoms with Crippen molar-refractivity contribution in [1.82, 2.24) is 9.88 Å². The van der Waals surface area contributed by atoms with E-state index in [1.165, 1.54) is 12.1 Å². The minimum absolute atomic E-state index is 0.0771. The fraction of sp³-hybridized carbons (Fsp3) is 0.333. The first-order valence-electron chi connectivity index (χ1n) is 8.94.